The Morgan fingerprint density at radius 3 is 2.70 bits per heavy atom. The molecule has 1 saturated carbocycles. The second kappa shape index (κ2) is 6.69. The number of anilines is 3. The van der Waals surface area contributed by atoms with Crippen molar-refractivity contribution in [3.05, 3.63) is 42.1 Å². The van der Waals surface area contributed by atoms with Crippen molar-refractivity contribution in [2.75, 3.05) is 17.7 Å². The first-order valence-corrected chi connectivity index (χ1v) is 7.84. The molecule has 1 aromatic carbocycles. The number of hydrogen-bond acceptors (Lipinski definition) is 4. The number of carbonyl (C=O) groups is 1. The van der Waals surface area contributed by atoms with E-state index in [0.717, 1.165) is 42.0 Å². The maximum Gasteiger partial charge on any atom is 0.227 e. The fraction of sp³-hybridized carbons (Fsp3) is 0.333. The monoisotopic (exact) mass is 311 g/mol. The van der Waals surface area contributed by atoms with Crippen molar-refractivity contribution in [3.8, 4) is 5.75 Å². The number of rotatable bonds is 5. The lowest BCUT2D eigenvalue weighted by Crippen LogP contribution is -2.28. The van der Waals surface area contributed by atoms with Gasteiger partial charge in [0.05, 0.1) is 24.7 Å². The number of ether oxygens (including phenoxy) is 1. The first kappa shape index (κ1) is 15.3. The van der Waals surface area contributed by atoms with Gasteiger partial charge in [0.2, 0.25) is 5.91 Å². The number of pyridine rings is 1. The van der Waals surface area contributed by atoms with Gasteiger partial charge < -0.3 is 15.4 Å². The molecule has 0 spiro atoms. The van der Waals surface area contributed by atoms with Gasteiger partial charge >= 0.3 is 0 Å². The molecule has 2 N–H and O–H groups in total. The van der Waals surface area contributed by atoms with E-state index in [0.29, 0.717) is 5.82 Å². The molecule has 3 rings (SSSR count). The highest BCUT2D eigenvalue weighted by Crippen LogP contribution is 2.29. The van der Waals surface area contributed by atoms with Crippen LogP contribution in [0.2, 0.25) is 0 Å². The van der Waals surface area contributed by atoms with E-state index in [1.165, 1.54) is 0 Å². The van der Waals surface area contributed by atoms with Crippen LogP contribution in [-0.4, -0.2) is 18.0 Å². The zero-order valence-corrected chi connectivity index (χ0v) is 13.4. The molecule has 5 heteroatoms. The molecule has 1 aliphatic carbocycles. The Labute approximate surface area is 136 Å². The topological polar surface area (TPSA) is 63.2 Å². The van der Waals surface area contributed by atoms with Gasteiger partial charge in [-0.1, -0.05) is 12.5 Å². The average molecular weight is 311 g/mol. The number of methoxy groups -OCH3 is 1. The number of nitrogens with zero attached hydrogens (tertiary/aromatic N) is 1. The molecule has 5 nitrogen and oxygen atoms in total. The summed E-state index contributed by atoms with van der Waals surface area (Å²) in [6.07, 6.45) is 4.80. The molecule has 1 aliphatic rings. The molecule has 0 bridgehead atoms. The summed E-state index contributed by atoms with van der Waals surface area (Å²) in [5.41, 5.74) is 2.73. The predicted molar refractivity (Wildman–Crippen MR) is 91.2 cm³/mol. The Balaban J connectivity index is 1.67. The van der Waals surface area contributed by atoms with Crippen LogP contribution in [0.15, 0.2) is 36.5 Å². The first-order valence-electron chi connectivity index (χ1n) is 7.84. The zero-order chi connectivity index (χ0) is 16.2. The van der Waals surface area contributed by atoms with Crippen LogP contribution in [0.5, 0.6) is 5.75 Å². The Morgan fingerprint density at radius 2 is 2.09 bits per heavy atom. The van der Waals surface area contributed by atoms with Gasteiger partial charge in [-0.25, -0.2) is 4.98 Å². The van der Waals surface area contributed by atoms with Gasteiger partial charge in [-0.3, -0.25) is 4.79 Å². The number of aromatic nitrogens is 1. The molecule has 23 heavy (non-hydrogen) atoms. The summed E-state index contributed by atoms with van der Waals surface area (Å²) in [7, 11) is 1.64. The third kappa shape index (κ3) is 3.62. The number of nitrogens with one attached hydrogen (secondary N) is 2. The van der Waals surface area contributed by atoms with E-state index in [-0.39, 0.29) is 11.8 Å². The van der Waals surface area contributed by atoms with Gasteiger partial charge in [-0.05, 0) is 49.6 Å². The van der Waals surface area contributed by atoms with E-state index < -0.39 is 0 Å². The zero-order valence-electron chi connectivity index (χ0n) is 13.4. The minimum absolute atomic E-state index is 0.0964. The minimum Gasteiger partial charge on any atom is -0.495 e. The lowest BCUT2D eigenvalue weighted by atomic mass is 9.85. The van der Waals surface area contributed by atoms with Crippen LogP contribution in [0.4, 0.5) is 17.2 Å². The average Bonchev–Trinajstić information content (AvgIpc) is 2.48. The van der Waals surface area contributed by atoms with E-state index in [1.54, 1.807) is 13.3 Å². The first-order chi connectivity index (χ1) is 11.2. The van der Waals surface area contributed by atoms with Crippen LogP contribution in [-0.2, 0) is 4.79 Å². The lowest BCUT2D eigenvalue weighted by molar-refractivity contribution is -0.122. The SMILES string of the molecule is COc1ccc(C)cc1Nc1ccc(NC(=O)C2CCC2)cn1. The molecule has 0 atom stereocenters. The minimum atomic E-state index is 0.0964. The smallest absolute Gasteiger partial charge is 0.227 e. The van der Waals surface area contributed by atoms with Crippen molar-refractivity contribution in [1.82, 2.24) is 4.98 Å². The van der Waals surface area contributed by atoms with Crippen molar-refractivity contribution in [3.63, 3.8) is 0 Å². The lowest BCUT2D eigenvalue weighted by Gasteiger charge is -2.23. The van der Waals surface area contributed by atoms with Crippen LogP contribution >= 0.6 is 0 Å². The molecule has 1 heterocycles. The van der Waals surface area contributed by atoms with Gasteiger partial charge in [0.1, 0.15) is 11.6 Å². The van der Waals surface area contributed by atoms with Crippen LogP contribution in [0.3, 0.4) is 0 Å². The van der Waals surface area contributed by atoms with Crippen molar-refractivity contribution in [1.29, 1.82) is 0 Å². The van der Waals surface area contributed by atoms with Gasteiger partial charge in [0.25, 0.3) is 0 Å². The van der Waals surface area contributed by atoms with E-state index in [4.69, 9.17) is 4.74 Å². The van der Waals surface area contributed by atoms with Gasteiger partial charge in [0, 0.05) is 5.92 Å². The standard InChI is InChI=1S/C18H21N3O2/c1-12-6-8-16(23-2)15(10-12)21-17-9-7-14(11-19-17)20-18(22)13-4-3-5-13/h6-11,13H,3-5H2,1-2H3,(H,19,21)(H,20,22). The van der Waals surface area contributed by atoms with Crippen molar-refractivity contribution >= 4 is 23.1 Å². The molecule has 0 radical (unpaired) electrons. The van der Waals surface area contributed by atoms with Crippen molar-refractivity contribution in [2.24, 2.45) is 5.92 Å². The highest BCUT2D eigenvalue weighted by atomic mass is 16.5. The summed E-state index contributed by atoms with van der Waals surface area (Å²) < 4.78 is 5.35. The molecule has 0 saturated heterocycles. The molecule has 2 aromatic rings. The van der Waals surface area contributed by atoms with Crippen LogP contribution in [0.1, 0.15) is 24.8 Å². The Morgan fingerprint density at radius 1 is 1.26 bits per heavy atom. The summed E-state index contributed by atoms with van der Waals surface area (Å²) in [6.45, 7) is 2.02. The Kier molecular flexibility index (Phi) is 4.46. The Bertz CT molecular complexity index is 694. The van der Waals surface area contributed by atoms with Gasteiger partial charge in [-0.15, -0.1) is 0 Å². The normalized spacial score (nSPS) is 14.0. The summed E-state index contributed by atoms with van der Waals surface area (Å²) in [4.78, 5) is 16.3. The number of hydrogen-bond donors (Lipinski definition) is 2. The second-order valence-electron chi connectivity index (χ2n) is 5.88. The fourth-order valence-electron chi connectivity index (χ4n) is 2.51. The fourth-order valence-corrected chi connectivity index (χ4v) is 2.51. The molecular formula is C18H21N3O2. The van der Waals surface area contributed by atoms with Crippen LogP contribution in [0, 0.1) is 12.8 Å². The summed E-state index contributed by atoms with van der Waals surface area (Å²) in [5, 5.41) is 6.15. The Hall–Kier alpha value is -2.56. The van der Waals surface area contributed by atoms with E-state index in [2.05, 4.69) is 15.6 Å². The number of amides is 1. The van der Waals surface area contributed by atoms with Crippen molar-refractivity contribution in [2.45, 2.75) is 26.2 Å². The molecule has 120 valence electrons. The highest BCUT2D eigenvalue weighted by Gasteiger charge is 2.25. The molecule has 0 unspecified atom stereocenters. The summed E-state index contributed by atoms with van der Waals surface area (Å²) >= 11 is 0. The van der Waals surface area contributed by atoms with Crippen molar-refractivity contribution < 1.29 is 9.53 Å². The summed E-state index contributed by atoms with van der Waals surface area (Å²) in [6, 6.07) is 9.63. The van der Waals surface area contributed by atoms with Crippen LogP contribution in [0.25, 0.3) is 0 Å². The number of benzene rings is 1. The molecule has 1 fully saturated rings. The largest absolute Gasteiger partial charge is 0.495 e. The maximum atomic E-state index is 11.9. The predicted octanol–water partition coefficient (Wildman–Crippen LogP) is 3.88. The maximum absolute atomic E-state index is 11.9. The number of aryl methyl sites for hydroxylation is 1. The van der Waals surface area contributed by atoms with Gasteiger partial charge in [-0.2, -0.15) is 0 Å². The number of carbonyl (C=O) groups excluding carboxylic acids is 1. The molecule has 0 aliphatic heterocycles. The third-order valence-electron chi connectivity index (χ3n) is 4.12. The van der Waals surface area contributed by atoms with Crippen LogP contribution < -0.4 is 15.4 Å². The van der Waals surface area contributed by atoms with E-state index >= 15 is 0 Å². The van der Waals surface area contributed by atoms with Gasteiger partial charge in [0.15, 0.2) is 0 Å². The quantitative estimate of drug-likeness (QED) is 0.879. The molecule has 1 aromatic heterocycles. The van der Waals surface area contributed by atoms with E-state index in [9.17, 15) is 4.79 Å². The third-order valence-corrected chi connectivity index (χ3v) is 4.12. The highest BCUT2D eigenvalue weighted by molar-refractivity contribution is 5.92. The van der Waals surface area contributed by atoms with E-state index in [1.807, 2.05) is 37.3 Å². The summed E-state index contributed by atoms with van der Waals surface area (Å²) in [5.74, 6) is 1.73. The molecule has 1 amide bonds. The molecular weight excluding hydrogens is 290 g/mol. The second-order valence-corrected chi connectivity index (χ2v) is 5.88.